The van der Waals surface area contributed by atoms with Crippen molar-refractivity contribution in [3.63, 3.8) is 0 Å². The summed E-state index contributed by atoms with van der Waals surface area (Å²) >= 11 is 0. The number of rotatable bonds is 9. The van der Waals surface area contributed by atoms with Crippen LogP contribution in [-0.2, 0) is 28.5 Å². The molecule has 5 rings (SSSR count). The van der Waals surface area contributed by atoms with Crippen LogP contribution in [0.15, 0.2) is 85.1 Å². The fourth-order valence-electron chi connectivity index (χ4n) is 5.81. The van der Waals surface area contributed by atoms with Crippen LogP contribution in [0.4, 0.5) is 0 Å². The number of nitriles is 1. The molecule has 0 bridgehead atoms. The molecule has 1 aliphatic heterocycles. The summed E-state index contributed by atoms with van der Waals surface area (Å²) in [6, 6.07) is 27.9. The second kappa shape index (κ2) is 11.0. The van der Waals surface area contributed by atoms with Crippen LogP contribution in [0.1, 0.15) is 54.2 Å². The lowest BCUT2D eigenvalue weighted by molar-refractivity contribution is 0.379. The zero-order valence-corrected chi connectivity index (χ0v) is 23.7. The summed E-state index contributed by atoms with van der Waals surface area (Å²) in [6.07, 6.45) is 4.46. The Bertz CT molecular complexity index is 1580. The van der Waals surface area contributed by atoms with Gasteiger partial charge in [-0.3, -0.25) is 0 Å². The van der Waals surface area contributed by atoms with Crippen LogP contribution in [0.25, 0.3) is 10.9 Å². The van der Waals surface area contributed by atoms with Gasteiger partial charge in [0.25, 0.3) is 0 Å². The molecular formula is C32H36N4O2S. The molecule has 3 aromatic carbocycles. The molecule has 6 nitrogen and oxygen atoms in total. The number of hydrogen-bond acceptors (Lipinski definition) is 4. The summed E-state index contributed by atoms with van der Waals surface area (Å²) in [5.74, 6) is 0. The molecule has 2 atom stereocenters. The number of fused-ring (bicyclic) bond motifs is 1. The summed E-state index contributed by atoms with van der Waals surface area (Å²) in [7, 11) is -2.38. The highest BCUT2D eigenvalue weighted by Crippen LogP contribution is 2.39. The van der Waals surface area contributed by atoms with E-state index in [1.54, 1.807) is 13.1 Å². The Hall–Kier alpha value is -3.44. The summed E-state index contributed by atoms with van der Waals surface area (Å²) in [5, 5.41) is 13.5. The number of sulfonamides is 1. The van der Waals surface area contributed by atoms with Crippen molar-refractivity contribution in [1.82, 2.24) is 14.2 Å². The van der Waals surface area contributed by atoms with Gasteiger partial charge < -0.3 is 9.88 Å². The molecule has 1 N–H and O–H groups in total. The van der Waals surface area contributed by atoms with E-state index in [9.17, 15) is 13.7 Å². The lowest BCUT2D eigenvalue weighted by Crippen LogP contribution is -2.40. The molecule has 0 spiro atoms. The predicted molar refractivity (Wildman–Crippen MR) is 157 cm³/mol. The first-order valence-corrected chi connectivity index (χ1v) is 15.0. The third kappa shape index (κ3) is 5.38. The number of hydrogen-bond donors (Lipinski definition) is 1. The molecule has 1 saturated heterocycles. The van der Waals surface area contributed by atoms with Crippen LogP contribution in [0.2, 0.25) is 0 Å². The minimum Gasteiger partial charge on any atom is -0.343 e. The van der Waals surface area contributed by atoms with Gasteiger partial charge in [0.05, 0.1) is 6.07 Å². The normalized spacial score (nSPS) is 16.9. The maximum absolute atomic E-state index is 13.6. The number of nitrogens with one attached hydrogen (secondary N) is 1. The zero-order chi connectivity index (χ0) is 27.6. The van der Waals surface area contributed by atoms with Crippen LogP contribution in [0.5, 0.6) is 0 Å². The number of benzene rings is 3. The molecule has 0 saturated carbocycles. The third-order valence-electron chi connectivity index (χ3n) is 8.13. The molecule has 1 aliphatic rings. The monoisotopic (exact) mass is 540 g/mol. The minimum atomic E-state index is -3.92. The molecule has 2 heterocycles. The molecule has 0 aliphatic carbocycles. The van der Waals surface area contributed by atoms with Crippen molar-refractivity contribution in [3.8, 4) is 6.07 Å². The maximum Gasteiger partial charge on any atom is 0.234 e. The predicted octanol–water partition coefficient (Wildman–Crippen LogP) is 5.75. The Labute approximate surface area is 231 Å². The number of aromatic nitrogens is 1. The smallest absolute Gasteiger partial charge is 0.234 e. The second-order valence-corrected chi connectivity index (χ2v) is 13.2. The van der Waals surface area contributed by atoms with E-state index < -0.39 is 15.3 Å². The Morgan fingerprint density at radius 3 is 2.33 bits per heavy atom. The summed E-state index contributed by atoms with van der Waals surface area (Å²) < 4.78 is 30.8. The summed E-state index contributed by atoms with van der Waals surface area (Å²) in [4.78, 5) is 0. The highest BCUT2D eigenvalue weighted by Gasteiger charge is 2.37. The first kappa shape index (κ1) is 27.1. The minimum absolute atomic E-state index is 0.180. The van der Waals surface area contributed by atoms with Crippen LogP contribution in [0, 0.1) is 11.3 Å². The first-order valence-electron chi connectivity index (χ1n) is 13.5. The Kier molecular flexibility index (Phi) is 7.64. The fraction of sp³-hybridized carbons (Fsp3) is 0.344. The van der Waals surface area contributed by atoms with E-state index in [-0.39, 0.29) is 12.0 Å². The van der Waals surface area contributed by atoms with E-state index in [0.29, 0.717) is 18.2 Å². The molecule has 7 heteroatoms. The van der Waals surface area contributed by atoms with Crippen molar-refractivity contribution >= 4 is 20.9 Å². The SMILES string of the molecule is CN(Cc1ccccc1)S(=O)(=O)C(C#N)c1ccc2c(c1)c(C(C)(C)C1CCCN1)cn2Cc1ccccc1. The summed E-state index contributed by atoms with van der Waals surface area (Å²) in [5.41, 5.74) is 4.60. The molecule has 202 valence electrons. The van der Waals surface area contributed by atoms with Crippen LogP contribution in [-0.4, -0.2) is 36.9 Å². The van der Waals surface area contributed by atoms with Gasteiger partial charge in [-0.15, -0.1) is 0 Å². The van der Waals surface area contributed by atoms with Crippen LogP contribution in [0.3, 0.4) is 0 Å². The zero-order valence-electron chi connectivity index (χ0n) is 22.8. The molecule has 1 fully saturated rings. The van der Waals surface area contributed by atoms with Gasteiger partial charge in [-0.25, -0.2) is 8.42 Å². The van der Waals surface area contributed by atoms with Gasteiger partial charge in [-0.2, -0.15) is 9.57 Å². The van der Waals surface area contributed by atoms with E-state index in [1.807, 2.05) is 60.7 Å². The van der Waals surface area contributed by atoms with Crippen molar-refractivity contribution in [2.24, 2.45) is 0 Å². The first-order chi connectivity index (χ1) is 18.7. The fourth-order valence-corrected chi connectivity index (χ4v) is 7.13. The van der Waals surface area contributed by atoms with Gasteiger partial charge in [-0.1, -0.05) is 80.6 Å². The third-order valence-corrected chi connectivity index (χ3v) is 10.1. The maximum atomic E-state index is 13.6. The molecular weight excluding hydrogens is 504 g/mol. The van der Waals surface area contributed by atoms with Crippen molar-refractivity contribution in [3.05, 3.63) is 107 Å². The lowest BCUT2D eigenvalue weighted by atomic mass is 9.77. The van der Waals surface area contributed by atoms with E-state index in [2.05, 4.69) is 48.1 Å². The molecule has 0 radical (unpaired) electrons. The lowest BCUT2D eigenvalue weighted by Gasteiger charge is -2.32. The van der Waals surface area contributed by atoms with Crippen molar-refractivity contribution in [1.29, 1.82) is 5.26 Å². The average molecular weight is 541 g/mol. The standard InChI is InChI=1S/C32H36N4O2S/c1-32(2,31-15-10-18-34-31)28-23-36(22-25-13-8-5-9-14-25)29-17-16-26(19-27(28)29)30(20-33)39(37,38)35(3)21-24-11-6-4-7-12-24/h4-9,11-14,16-17,19,23,30-31,34H,10,15,18,21-22H2,1-3H3. The Morgan fingerprint density at radius 1 is 1.05 bits per heavy atom. The molecule has 4 aromatic rings. The molecule has 1 aromatic heterocycles. The van der Waals surface area contributed by atoms with Gasteiger partial charge in [0, 0.05) is 48.7 Å². The number of nitrogens with zero attached hydrogens (tertiary/aromatic N) is 3. The van der Waals surface area contributed by atoms with Gasteiger partial charge >= 0.3 is 0 Å². The topological polar surface area (TPSA) is 78.1 Å². The molecule has 0 amide bonds. The van der Waals surface area contributed by atoms with Crippen molar-refractivity contribution in [2.75, 3.05) is 13.6 Å². The van der Waals surface area contributed by atoms with Crippen LogP contribution >= 0.6 is 0 Å². The van der Waals surface area contributed by atoms with E-state index in [0.717, 1.165) is 35.9 Å². The van der Waals surface area contributed by atoms with Gasteiger partial charge in [-0.05, 0) is 53.8 Å². The summed E-state index contributed by atoms with van der Waals surface area (Å²) in [6.45, 7) is 6.45. The average Bonchev–Trinajstić information content (AvgIpc) is 3.60. The van der Waals surface area contributed by atoms with Gasteiger partial charge in [0.2, 0.25) is 10.0 Å². The molecule has 2 unspecified atom stereocenters. The Balaban J connectivity index is 1.57. The van der Waals surface area contributed by atoms with Crippen molar-refractivity contribution < 1.29 is 8.42 Å². The van der Waals surface area contributed by atoms with E-state index in [4.69, 9.17) is 0 Å². The van der Waals surface area contributed by atoms with Crippen molar-refractivity contribution in [2.45, 2.75) is 56.5 Å². The quantitative estimate of drug-likeness (QED) is 0.293. The van der Waals surface area contributed by atoms with E-state index >= 15 is 0 Å². The Morgan fingerprint density at radius 2 is 1.72 bits per heavy atom. The molecule has 39 heavy (non-hydrogen) atoms. The van der Waals surface area contributed by atoms with Gasteiger partial charge in [0.1, 0.15) is 0 Å². The van der Waals surface area contributed by atoms with Crippen LogP contribution < -0.4 is 5.32 Å². The highest BCUT2D eigenvalue weighted by molar-refractivity contribution is 7.89. The second-order valence-electron chi connectivity index (χ2n) is 11.1. The largest absolute Gasteiger partial charge is 0.343 e. The highest BCUT2D eigenvalue weighted by atomic mass is 32.2. The van der Waals surface area contributed by atoms with Gasteiger partial charge in [0.15, 0.2) is 5.25 Å². The van der Waals surface area contributed by atoms with E-state index in [1.165, 1.54) is 15.4 Å².